The van der Waals surface area contributed by atoms with Crippen molar-refractivity contribution in [2.45, 2.75) is 45.6 Å². The van der Waals surface area contributed by atoms with Gasteiger partial charge in [-0.3, -0.25) is 19.4 Å². The van der Waals surface area contributed by atoms with E-state index in [1.54, 1.807) is 13.0 Å². The molecule has 3 rings (SSSR count). The maximum atomic E-state index is 12.2. The van der Waals surface area contributed by atoms with Crippen LogP contribution in [0.15, 0.2) is 16.9 Å². The van der Waals surface area contributed by atoms with Gasteiger partial charge < -0.3 is 15.4 Å². The van der Waals surface area contributed by atoms with E-state index in [-0.39, 0.29) is 23.4 Å². The molecule has 10 heteroatoms. The number of aromatic nitrogens is 4. The maximum absolute atomic E-state index is 12.2. The zero-order chi connectivity index (χ0) is 20.1. The largest absolute Gasteiger partial charge is 0.376 e. The second-order valence-corrected chi connectivity index (χ2v) is 6.69. The van der Waals surface area contributed by atoms with Gasteiger partial charge in [0.15, 0.2) is 0 Å². The van der Waals surface area contributed by atoms with E-state index in [0.29, 0.717) is 31.0 Å². The number of anilines is 1. The van der Waals surface area contributed by atoms with Crippen molar-refractivity contribution in [3.8, 4) is 5.95 Å². The summed E-state index contributed by atoms with van der Waals surface area (Å²) in [5.41, 5.74) is 0.910. The summed E-state index contributed by atoms with van der Waals surface area (Å²) in [4.78, 5) is 43.2. The number of ether oxygens (including phenoxy) is 1. The lowest BCUT2D eigenvalue weighted by molar-refractivity contribution is -0.136. The molecule has 150 valence electrons. The summed E-state index contributed by atoms with van der Waals surface area (Å²) < 4.78 is 6.73. The van der Waals surface area contributed by atoms with Crippen LogP contribution in [0.3, 0.4) is 0 Å². The quantitative estimate of drug-likeness (QED) is 0.616. The highest BCUT2D eigenvalue weighted by Crippen LogP contribution is 2.14. The Bertz CT molecular complexity index is 913. The second-order valence-electron chi connectivity index (χ2n) is 6.69. The van der Waals surface area contributed by atoms with Gasteiger partial charge in [0.25, 0.3) is 5.56 Å². The first-order valence-electron chi connectivity index (χ1n) is 9.34. The summed E-state index contributed by atoms with van der Waals surface area (Å²) in [5, 5.41) is 9.35. The Morgan fingerprint density at radius 2 is 2.18 bits per heavy atom. The number of nitrogens with one attached hydrogen (secondary N) is 3. The molecule has 0 saturated carbocycles. The van der Waals surface area contributed by atoms with Crippen LogP contribution in [0.4, 0.5) is 5.82 Å². The Hall–Kier alpha value is -3.01. The molecular weight excluding hydrogens is 364 g/mol. The van der Waals surface area contributed by atoms with Crippen molar-refractivity contribution in [2.24, 2.45) is 0 Å². The van der Waals surface area contributed by atoms with Crippen molar-refractivity contribution in [2.75, 3.05) is 18.5 Å². The molecule has 3 heterocycles. The number of H-pyrrole nitrogens is 1. The van der Waals surface area contributed by atoms with Crippen LogP contribution in [0.25, 0.3) is 5.95 Å². The maximum Gasteiger partial charge on any atom is 0.314 e. The average molecular weight is 388 g/mol. The van der Waals surface area contributed by atoms with Crippen molar-refractivity contribution >= 4 is 17.6 Å². The van der Waals surface area contributed by atoms with Crippen molar-refractivity contribution in [1.29, 1.82) is 0 Å². The molecule has 2 aromatic rings. The number of hydrogen-bond donors (Lipinski definition) is 3. The summed E-state index contributed by atoms with van der Waals surface area (Å²) in [5.74, 6) is -1.17. The Morgan fingerprint density at radius 1 is 1.36 bits per heavy atom. The number of hydrogen-bond acceptors (Lipinski definition) is 6. The van der Waals surface area contributed by atoms with Crippen LogP contribution in [0, 0.1) is 6.92 Å². The fourth-order valence-corrected chi connectivity index (χ4v) is 2.99. The van der Waals surface area contributed by atoms with E-state index in [9.17, 15) is 14.4 Å². The van der Waals surface area contributed by atoms with Crippen LogP contribution in [-0.4, -0.2) is 50.8 Å². The molecular formula is C18H24N6O4. The van der Waals surface area contributed by atoms with E-state index < -0.39 is 11.8 Å². The lowest BCUT2D eigenvalue weighted by Gasteiger charge is -2.11. The molecule has 1 fully saturated rings. The van der Waals surface area contributed by atoms with E-state index in [0.717, 1.165) is 19.3 Å². The fourth-order valence-electron chi connectivity index (χ4n) is 2.99. The van der Waals surface area contributed by atoms with Gasteiger partial charge in [-0.1, -0.05) is 13.3 Å². The second kappa shape index (κ2) is 8.79. The van der Waals surface area contributed by atoms with Crippen LogP contribution in [0.2, 0.25) is 0 Å². The zero-order valence-electron chi connectivity index (χ0n) is 15.9. The van der Waals surface area contributed by atoms with Crippen LogP contribution < -0.4 is 16.2 Å². The monoisotopic (exact) mass is 388 g/mol. The van der Waals surface area contributed by atoms with Crippen LogP contribution >= 0.6 is 0 Å². The van der Waals surface area contributed by atoms with Crippen molar-refractivity contribution < 1.29 is 14.3 Å². The van der Waals surface area contributed by atoms with Gasteiger partial charge in [-0.2, -0.15) is 9.78 Å². The van der Waals surface area contributed by atoms with Crippen molar-refractivity contribution in [1.82, 2.24) is 25.1 Å². The summed E-state index contributed by atoms with van der Waals surface area (Å²) in [6.07, 6.45) is 3.24. The van der Waals surface area contributed by atoms with Gasteiger partial charge in [0.1, 0.15) is 5.82 Å². The molecule has 0 unspecified atom stereocenters. The van der Waals surface area contributed by atoms with Crippen LogP contribution in [0.5, 0.6) is 0 Å². The number of amides is 2. The SMILES string of the molecule is CCCc1cc(=O)[nH]c(-n2nc(C)cc2NC(=O)C(=O)NC[C@H]2CCCO2)n1. The number of aromatic amines is 1. The summed E-state index contributed by atoms with van der Waals surface area (Å²) in [6.45, 7) is 4.69. The van der Waals surface area contributed by atoms with Gasteiger partial charge in [-0.15, -0.1) is 0 Å². The molecule has 2 aromatic heterocycles. The Morgan fingerprint density at radius 3 is 2.89 bits per heavy atom. The van der Waals surface area contributed by atoms with Crippen molar-refractivity contribution in [3.05, 3.63) is 33.9 Å². The highest BCUT2D eigenvalue weighted by atomic mass is 16.5. The number of nitrogens with zero attached hydrogens (tertiary/aromatic N) is 3. The molecule has 1 aliphatic rings. The molecule has 0 bridgehead atoms. The third-order valence-corrected chi connectivity index (χ3v) is 4.28. The smallest absolute Gasteiger partial charge is 0.314 e. The lowest BCUT2D eigenvalue weighted by atomic mass is 10.2. The van der Waals surface area contributed by atoms with Crippen LogP contribution in [-0.2, 0) is 20.7 Å². The van der Waals surface area contributed by atoms with Crippen LogP contribution in [0.1, 0.15) is 37.6 Å². The molecule has 0 aromatic carbocycles. The van der Waals surface area contributed by atoms with E-state index in [1.165, 1.54) is 10.7 Å². The summed E-state index contributed by atoms with van der Waals surface area (Å²) >= 11 is 0. The van der Waals surface area contributed by atoms with Gasteiger partial charge in [0.05, 0.1) is 11.8 Å². The number of carbonyl (C=O) groups excluding carboxylic acids is 2. The highest BCUT2D eigenvalue weighted by Gasteiger charge is 2.21. The minimum absolute atomic E-state index is 0.0555. The summed E-state index contributed by atoms with van der Waals surface area (Å²) in [7, 11) is 0. The first kappa shape index (κ1) is 19.7. The zero-order valence-corrected chi connectivity index (χ0v) is 15.9. The van der Waals surface area contributed by atoms with Gasteiger partial charge in [0.2, 0.25) is 5.95 Å². The number of carbonyl (C=O) groups is 2. The molecule has 0 spiro atoms. The Labute approximate surface area is 161 Å². The molecule has 3 N–H and O–H groups in total. The highest BCUT2D eigenvalue weighted by molar-refractivity contribution is 6.39. The predicted octanol–water partition coefficient (Wildman–Crippen LogP) is 0.450. The average Bonchev–Trinajstić information content (AvgIpc) is 3.29. The van der Waals surface area contributed by atoms with E-state index in [4.69, 9.17) is 4.74 Å². The molecule has 1 aliphatic heterocycles. The third-order valence-electron chi connectivity index (χ3n) is 4.28. The predicted molar refractivity (Wildman–Crippen MR) is 101 cm³/mol. The lowest BCUT2D eigenvalue weighted by Crippen LogP contribution is -2.39. The molecule has 10 nitrogen and oxygen atoms in total. The Balaban J connectivity index is 1.74. The fraction of sp³-hybridized carbons (Fsp3) is 0.500. The van der Waals surface area contributed by atoms with E-state index >= 15 is 0 Å². The molecule has 28 heavy (non-hydrogen) atoms. The number of rotatable bonds is 6. The molecule has 0 radical (unpaired) electrons. The molecule has 1 saturated heterocycles. The molecule has 1 atom stereocenters. The molecule has 0 aliphatic carbocycles. The summed E-state index contributed by atoms with van der Waals surface area (Å²) in [6, 6.07) is 3.03. The Kier molecular flexibility index (Phi) is 6.19. The van der Waals surface area contributed by atoms with Gasteiger partial charge >= 0.3 is 11.8 Å². The van der Waals surface area contributed by atoms with Gasteiger partial charge in [0, 0.05) is 31.0 Å². The van der Waals surface area contributed by atoms with E-state index in [2.05, 4.69) is 25.7 Å². The van der Waals surface area contributed by atoms with Gasteiger partial charge in [-0.25, -0.2) is 4.98 Å². The van der Waals surface area contributed by atoms with Gasteiger partial charge in [-0.05, 0) is 26.2 Å². The minimum Gasteiger partial charge on any atom is -0.376 e. The standard InChI is InChI=1S/C18H24N6O4/c1-3-5-12-9-15(25)22-18(20-12)24-14(8-11(2)23-24)21-17(27)16(26)19-10-13-6-4-7-28-13/h8-9,13H,3-7,10H2,1-2H3,(H,19,26)(H,21,27)(H,20,22,25)/t13-/m1/s1. The topological polar surface area (TPSA) is 131 Å². The number of aryl methyl sites for hydroxylation is 2. The van der Waals surface area contributed by atoms with Crippen molar-refractivity contribution in [3.63, 3.8) is 0 Å². The third kappa shape index (κ3) is 4.83. The van der Waals surface area contributed by atoms with E-state index in [1.807, 2.05) is 6.92 Å². The first-order valence-corrected chi connectivity index (χ1v) is 9.34. The first-order chi connectivity index (χ1) is 13.5. The minimum atomic E-state index is -0.828. The normalized spacial score (nSPS) is 16.1. The molecule has 2 amide bonds.